The summed E-state index contributed by atoms with van der Waals surface area (Å²) in [6.45, 7) is 0.838. The molecule has 0 aliphatic rings. The standard InChI is InChI=1S/C28H28N2O3/c1-3-11-23(12-4-1)19-25(32-27-15-7-9-17-29-27)21-31-22-26(20-24-13-5-2-6-14-24)33-28-16-8-10-18-30-28/h1-18,25-26H,19-22H2. The minimum absolute atomic E-state index is 0.172. The molecule has 0 saturated heterocycles. The summed E-state index contributed by atoms with van der Waals surface area (Å²) in [5.41, 5.74) is 2.38. The van der Waals surface area contributed by atoms with E-state index in [-0.39, 0.29) is 12.2 Å². The quantitative estimate of drug-likeness (QED) is 0.304. The highest BCUT2D eigenvalue weighted by atomic mass is 16.6. The van der Waals surface area contributed by atoms with Crippen molar-refractivity contribution in [2.24, 2.45) is 0 Å². The lowest BCUT2D eigenvalue weighted by Crippen LogP contribution is -2.31. The Morgan fingerprint density at radius 1 is 0.515 bits per heavy atom. The summed E-state index contributed by atoms with van der Waals surface area (Å²) in [5, 5.41) is 0. The van der Waals surface area contributed by atoms with Crippen molar-refractivity contribution in [2.75, 3.05) is 13.2 Å². The van der Waals surface area contributed by atoms with E-state index in [1.54, 1.807) is 12.4 Å². The highest BCUT2D eigenvalue weighted by Gasteiger charge is 2.17. The van der Waals surface area contributed by atoms with E-state index in [1.807, 2.05) is 72.8 Å². The van der Waals surface area contributed by atoms with Crippen LogP contribution in [0, 0.1) is 0 Å². The first-order valence-corrected chi connectivity index (χ1v) is 11.2. The van der Waals surface area contributed by atoms with Crippen molar-refractivity contribution in [1.82, 2.24) is 9.97 Å². The summed E-state index contributed by atoms with van der Waals surface area (Å²) >= 11 is 0. The lowest BCUT2D eigenvalue weighted by Gasteiger charge is -2.22. The fourth-order valence-corrected chi connectivity index (χ4v) is 3.53. The van der Waals surface area contributed by atoms with Crippen LogP contribution >= 0.6 is 0 Å². The highest BCUT2D eigenvalue weighted by molar-refractivity contribution is 5.18. The number of pyridine rings is 2. The van der Waals surface area contributed by atoms with E-state index >= 15 is 0 Å². The normalized spacial score (nSPS) is 12.6. The van der Waals surface area contributed by atoms with Gasteiger partial charge in [-0.15, -0.1) is 0 Å². The average Bonchev–Trinajstić information content (AvgIpc) is 2.86. The van der Waals surface area contributed by atoms with Crippen LogP contribution in [-0.2, 0) is 17.6 Å². The van der Waals surface area contributed by atoms with Gasteiger partial charge in [0.05, 0.1) is 13.2 Å². The molecule has 5 heteroatoms. The van der Waals surface area contributed by atoms with E-state index in [2.05, 4.69) is 34.2 Å². The maximum atomic E-state index is 6.15. The van der Waals surface area contributed by atoms with Gasteiger partial charge in [-0.05, 0) is 23.3 Å². The number of nitrogens with zero attached hydrogens (tertiary/aromatic N) is 2. The molecule has 4 aromatic rings. The first-order valence-electron chi connectivity index (χ1n) is 11.2. The molecule has 0 N–H and O–H groups in total. The van der Waals surface area contributed by atoms with Crippen LogP contribution in [-0.4, -0.2) is 35.4 Å². The Labute approximate surface area is 195 Å². The molecule has 2 aromatic heterocycles. The molecule has 5 nitrogen and oxygen atoms in total. The van der Waals surface area contributed by atoms with Crippen molar-refractivity contribution in [1.29, 1.82) is 0 Å². The molecule has 4 rings (SSSR count). The molecule has 0 aliphatic carbocycles. The van der Waals surface area contributed by atoms with Crippen molar-refractivity contribution < 1.29 is 14.2 Å². The molecule has 0 fully saturated rings. The second-order valence-corrected chi connectivity index (χ2v) is 7.73. The maximum absolute atomic E-state index is 6.15. The van der Waals surface area contributed by atoms with Gasteiger partial charge >= 0.3 is 0 Å². The van der Waals surface area contributed by atoms with Gasteiger partial charge < -0.3 is 14.2 Å². The zero-order valence-electron chi connectivity index (χ0n) is 18.5. The van der Waals surface area contributed by atoms with E-state index in [1.165, 1.54) is 11.1 Å². The summed E-state index contributed by atoms with van der Waals surface area (Å²) in [4.78, 5) is 8.61. The van der Waals surface area contributed by atoms with E-state index in [9.17, 15) is 0 Å². The maximum Gasteiger partial charge on any atom is 0.213 e. The van der Waals surface area contributed by atoms with Crippen LogP contribution in [0.15, 0.2) is 109 Å². The molecule has 0 bridgehead atoms. The van der Waals surface area contributed by atoms with Crippen LogP contribution < -0.4 is 9.47 Å². The van der Waals surface area contributed by atoms with Crippen LogP contribution in [0.4, 0.5) is 0 Å². The first-order chi connectivity index (χ1) is 16.3. The van der Waals surface area contributed by atoms with Gasteiger partial charge in [-0.2, -0.15) is 0 Å². The van der Waals surface area contributed by atoms with Gasteiger partial charge in [0.1, 0.15) is 12.2 Å². The Hall–Kier alpha value is -3.70. The molecule has 0 saturated carbocycles. The molecule has 2 aromatic carbocycles. The molecule has 33 heavy (non-hydrogen) atoms. The van der Waals surface area contributed by atoms with Gasteiger partial charge in [-0.1, -0.05) is 72.8 Å². The molecule has 2 heterocycles. The van der Waals surface area contributed by atoms with Crippen LogP contribution in [0.3, 0.4) is 0 Å². The average molecular weight is 441 g/mol. The monoisotopic (exact) mass is 440 g/mol. The van der Waals surface area contributed by atoms with Crippen molar-refractivity contribution in [3.8, 4) is 11.8 Å². The number of aromatic nitrogens is 2. The Bertz CT molecular complexity index is 878. The Morgan fingerprint density at radius 2 is 0.939 bits per heavy atom. The topological polar surface area (TPSA) is 53.5 Å². The number of ether oxygens (including phenoxy) is 3. The number of hydrogen-bond donors (Lipinski definition) is 0. The second-order valence-electron chi connectivity index (χ2n) is 7.73. The molecular weight excluding hydrogens is 412 g/mol. The van der Waals surface area contributed by atoms with E-state index in [0.29, 0.717) is 25.0 Å². The van der Waals surface area contributed by atoms with Crippen LogP contribution in [0.25, 0.3) is 0 Å². The van der Waals surface area contributed by atoms with Gasteiger partial charge in [0.15, 0.2) is 0 Å². The van der Waals surface area contributed by atoms with Crippen LogP contribution in [0.1, 0.15) is 11.1 Å². The Morgan fingerprint density at radius 3 is 1.33 bits per heavy atom. The van der Waals surface area contributed by atoms with Crippen molar-refractivity contribution >= 4 is 0 Å². The van der Waals surface area contributed by atoms with Gasteiger partial charge in [-0.3, -0.25) is 0 Å². The van der Waals surface area contributed by atoms with E-state index in [4.69, 9.17) is 14.2 Å². The summed E-state index contributed by atoms with van der Waals surface area (Å²) < 4.78 is 18.4. The predicted molar refractivity (Wildman–Crippen MR) is 128 cm³/mol. The van der Waals surface area contributed by atoms with Crippen LogP contribution in [0.5, 0.6) is 11.8 Å². The van der Waals surface area contributed by atoms with E-state index < -0.39 is 0 Å². The highest BCUT2D eigenvalue weighted by Crippen LogP contribution is 2.14. The number of benzene rings is 2. The van der Waals surface area contributed by atoms with Gasteiger partial charge in [0.2, 0.25) is 11.8 Å². The smallest absolute Gasteiger partial charge is 0.213 e. The minimum Gasteiger partial charge on any atom is -0.472 e. The van der Waals surface area contributed by atoms with Crippen LogP contribution in [0.2, 0.25) is 0 Å². The second kappa shape index (κ2) is 12.4. The van der Waals surface area contributed by atoms with Gasteiger partial charge in [0, 0.05) is 37.4 Å². The molecule has 0 radical (unpaired) electrons. The zero-order chi connectivity index (χ0) is 22.6. The third kappa shape index (κ3) is 7.74. The molecular formula is C28H28N2O3. The number of rotatable bonds is 12. The number of hydrogen-bond acceptors (Lipinski definition) is 5. The lowest BCUT2D eigenvalue weighted by molar-refractivity contribution is 0.00624. The fourth-order valence-electron chi connectivity index (χ4n) is 3.53. The summed E-state index contributed by atoms with van der Waals surface area (Å²) in [6.07, 6.45) is 4.56. The third-order valence-electron chi connectivity index (χ3n) is 5.07. The molecule has 2 unspecified atom stereocenters. The summed E-state index contributed by atoms with van der Waals surface area (Å²) in [5.74, 6) is 1.18. The van der Waals surface area contributed by atoms with E-state index in [0.717, 1.165) is 12.8 Å². The Balaban J connectivity index is 1.40. The molecule has 168 valence electrons. The van der Waals surface area contributed by atoms with Gasteiger partial charge in [0.25, 0.3) is 0 Å². The molecule has 0 aliphatic heterocycles. The van der Waals surface area contributed by atoms with Crippen molar-refractivity contribution in [3.05, 3.63) is 121 Å². The summed E-state index contributed by atoms with van der Waals surface area (Å²) in [6, 6.07) is 31.8. The molecule has 0 spiro atoms. The zero-order valence-corrected chi connectivity index (χ0v) is 18.5. The minimum atomic E-state index is -0.172. The van der Waals surface area contributed by atoms with Crippen molar-refractivity contribution in [3.63, 3.8) is 0 Å². The third-order valence-corrected chi connectivity index (χ3v) is 5.07. The molecule has 0 amide bonds. The predicted octanol–water partition coefficient (Wildman–Crippen LogP) is 5.17. The van der Waals surface area contributed by atoms with Crippen molar-refractivity contribution in [2.45, 2.75) is 25.0 Å². The van der Waals surface area contributed by atoms with Gasteiger partial charge in [-0.25, -0.2) is 9.97 Å². The summed E-state index contributed by atoms with van der Waals surface area (Å²) in [7, 11) is 0. The largest absolute Gasteiger partial charge is 0.472 e. The SMILES string of the molecule is c1ccc(CC(COCC(Cc2ccccc2)Oc2ccccn2)Oc2ccccn2)cc1. The first kappa shape index (κ1) is 22.5. The lowest BCUT2D eigenvalue weighted by atomic mass is 10.1. The fraction of sp³-hybridized carbons (Fsp3) is 0.214. The molecule has 2 atom stereocenters. The Kier molecular flexibility index (Phi) is 8.43.